The molecule has 3 nitrogen and oxygen atoms in total. The second-order valence-corrected chi connectivity index (χ2v) is 5.20. The molecule has 0 spiro atoms. The summed E-state index contributed by atoms with van der Waals surface area (Å²) in [6.45, 7) is 4.32. The first-order valence-corrected chi connectivity index (χ1v) is 6.78. The minimum absolute atomic E-state index is 0.159. The third-order valence-corrected chi connectivity index (χ3v) is 3.75. The average molecular weight is 249 g/mol. The summed E-state index contributed by atoms with van der Waals surface area (Å²) in [5, 5.41) is 13.5. The third kappa shape index (κ3) is 2.96. The summed E-state index contributed by atoms with van der Waals surface area (Å²) in [6.07, 6.45) is 3.82. The number of rotatable bonds is 6. The number of nitrogens with one attached hydrogen (secondary N) is 1. The van der Waals surface area contributed by atoms with Crippen molar-refractivity contribution in [3.8, 4) is 11.5 Å². The largest absolute Gasteiger partial charge is 0.508 e. The standard InChI is InChI=1S/C15H23NO2/c1-4-5-11-8-14(11)16-10(2)13-9-12(18-3)6-7-15(13)17/h6-7,9-11,14,16-17H,4-5,8H2,1-3H3. The van der Waals surface area contributed by atoms with E-state index >= 15 is 0 Å². The minimum Gasteiger partial charge on any atom is -0.508 e. The van der Waals surface area contributed by atoms with Crippen molar-refractivity contribution in [2.24, 2.45) is 5.92 Å². The molecular weight excluding hydrogens is 226 g/mol. The predicted molar refractivity (Wildman–Crippen MR) is 73.0 cm³/mol. The Balaban J connectivity index is 1.98. The van der Waals surface area contributed by atoms with E-state index in [0.717, 1.165) is 17.2 Å². The van der Waals surface area contributed by atoms with Crippen LogP contribution < -0.4 is 10.1 Å². The molecule has 0 aromatic heterocycles. The van der Waals surface area contributed by atoms with Crippen molar-refractivity contribution in [2.75, 3.05) is 7.11 Å². The molecule has 1 saturated carbocycles. The predicted octanol–water partition coefficient (Wildman–Crippen LogP) is 3.24. The molecule has 2 rings (SSSR count). The Morgan fingerprint density at radius 1 is 1.50 bits per heavy atom. The molecule has 100 valence electrons. The quantitative estimate of drug-likeness (QED) is 0.813. The lowest BCUT2D eigenvalue weighted by Crippen LogP contribution is -2.22. The maximum atomic E-state index is 9.91. The lowest BCUT2D eigenvalue weighted by Gasteiger charge is -2.16. The van der Waals surface area contributed by atoms with E-state index in [-0.39, 0.29) is 6.04 Å². The van der Waals surface area contributed by atoms with Gasteiger partial charge in [0.1, 0.15) is 11.5 Å². The molecule has 1 aliphatic carbocycles. The van der Waals surface area contributed by atoms with Gasteiger partial charge in [-0.1, -0.05) is 13.3 Å². The van der Waals surface area contributed by atoms with Crippen LogP contribution in [0.5, 0.6) is 11.5 Å². The highest BCUT2D eigenvalue weighted by Gasteiger charge is 2.36. The molecule has 2 N–H and O–H groups in total. The number of methoxy groups -OCH3 is 1. The number of hydrogen-bond donors (Lipinski definition) is 2. The molecule has 0 aliphatic heterocycles. The number of ether oxygens (including phenoxy) is 1. The second kappa shape index (κ2) is 5.61. The van der Waals surface area contributed by atoms with Gasteiger partial charge in [-0.25, -0.2) is 0 Å². The summed E-state index contributed by atoms with van der Waals surface area (Å²) in [5.74, 6) is 1.95. The summed E-state index contributed by atoms with van der Waals surface area (Å²) in [5.41, 5.74) is 0.913. The zero-order valence-electron chi connectivity index (χ0n) is 11.4. The summed E-state index contributed by atoms with van der Waals surface area (Å²) < 4.78 is 5.20. The monoisotopic (exact) mass is 249 g/mol. The zero-order valence-corrected chi connectivity index (χ0v) is 11.4. The lowest BCUT2D eigenvalue weighted by molar-refractivity contribution is 0.407. The molecule has 18 heavy (non-hydrogen) atoms. The molecule has 0 saturated heterocycles. The molecule has 3 unspecified atom stereocenters. The van der Waals surface area contributed by atoms with Gasteiger partial charge in [0.2, 0.25) is 0 Å². The second-order valence-electron chi connectivity index (χ2n) is 5.20. The minimum atomic E-state index is 0.159. The molecule has 3 heteroatoms. The van der Waals surface area contributed by atoms with Crippen LogP contribution in [0.15, 0.2) is 18.2 Å². The Morgan fingerprint density at radius 2 is 2.28 bits per heavy atom. The van der Waals surface area contributed by atoms with Crippen LogP contribution >= 0.6 is 0 Å². The maximum Gasteiger partial charge on any atom is 0.120 e. The normalized spacial score (nSPS) is 23.7. The van der Waals surface area contributed by atoms with Gasteiger partial charge in [-0.15, -0.1) is 0 Å². The van der Waals surface area contributed by atoms with Crippen molar-refractivity contribution in [1.82, 2.24) is 5.32 Å². The Bertz CT molecular complexity index is 405. The summed E-state index contributed by atoms with van der Waals surface area (Å²) in [6, 6.07) is 6.16. The van der Waals surface area contributed by atoms with Gasteiger partial charge in [-0.2, -0.15) is 0 Å². The van der Waals surface area contributed by atoms with Crippen LogP contribution in [0.25, 0.3) is 0 Å². The zero-order chi connectivity index (χ0) is 13.1. The van der Waals surface area contributed by atoms with Crippen LogP contribution in [0.2, 0.25) is 0 Å². The summed E-state index contributed by atoms with van der Waals surface area (Å²) in [4.78, 5) is 0. The molecule has 0 radical (unpaired) electrons. The first kappa shape index (κ1) is 13.2. The summed E-state index contributed by atoms with van der Waals surface area (Å²) >= 11 is 0. The number of phenolic OH excluding ortho intramolecular Hbond substituents is 1. The molecule has 1 aromatic carbocycles. The Morgan fingerprint density at radius 3 is 2.94 bits per heavy atom. The van der Waals surface area contributed by atoms with Crippen LogP contribution in [-0.4, -0.2) is 18.3 Å². The molecule has 1 aliphatic rings. The Kier molecular flexibility index (Phi) is 4.12. The Labute approximate surface area is 109 Å². The van der Waals surface area contributed by atoms with Crippen molar-refractivity contribution < 1.29 is 9.84 Å². The van der Waals surface area contributed by atoms with E-state index in [1.165, 1.54) is 19.3 Å². The fourth-order valence-electron chi connectivity index (χ4n) is 2.56. The van der Waals surface area contributed by atoms with E-state index in [0.29, 0.717) is 11.8 Å². The number of benzene rings is 1. The first-order chi connectivity index (χ1) is 8.65. The van der Waals surface area contributed by atoms with Gasteiger partial charge in [0.25, 0.3) is 0 Å². The number of phenols is 1. The van der Waals surface area contributed by atoms with Crippen LogP contribution in [0.1, 0.15) is 44.7 Å². The van der Waals surface area contributed by atoms with E-state index in [2.05, 4.69) is 19.2 Å². The van der Waals surface area contributed by atoms with Crippen molar-refractivity contribution >= 4 is 0 Å². The molecule has 0 bridgehead atoms. The van der Waals surface area contributed by atoms with Gasteiger partial charge in [0.05, 0.1) is 7.11 Å². The smallest absolute Gasteiger partial charge is 0.120 e. The van der Waals surface area contributed by atoms with E-state index < -0.39 is 0 Å². The van der Waals surface area contributed by atoms with Crippen LogP contribution in [0, 0.1) is 5.92 Å². The number of aromatic hydroxyl groups is 1. The van der Waals surface area contributed by atoms with Crippen molar-refractivity contribution in [1.29, 1.82) is 0 Å². The van der Waals surface area contributed by atoms with Crippen LogP contribution in [0.3, 0.4) is 0 Å². The fraction of sp³-hybridized carbons (Fsp3) is 0.600. The highest BCUT2D eigenvalue weighted by Crippen LogP contribution is 2.37. The van der Waals surface area contributed by atoms with Crippen molar-refractivity contribution in [2.45, 2.75) is 45.2 Å². The van der Waals surface area contributed by atoms with Crippen LogP contribution in [-0.2, 0) is 0 Å². The van der Waals surface area contributed by atoms with Crippen LogP contribution in [0.4, 0.5) is 0 Å². The highest BCUT2D eigenvalue weighted by molar-refractivity contribution is 5.41. The van der Waals surface area contributed by atoms with Gasteiger partial charge < -0.3 is 15.2 Å². The van der Waals surface area contributed by atoms with Crippen molar-refractivity contribution in [3.63, 3.8) is 0 Å². The van der Waals surface area contributed by atoms with Gasteiger partial charge in [0.15, 0.2) is 0 Å². The van der Waals surface area contributed by atoms with Gasteiger partial charge in [0, 0.05) is 17.6 Å². The van der Waals surface area contributed by atoms with Gasteiger partial charge >= 0.3 is 0 Å². The van der Waals surface area contributed by atoms with Gasteiger partial charge in [-0.3, -0.25) is 0 Å². The van der Waals surface area contributed by atoms with E-state index in [1.807, 2.05) is 6.07 Å². The van der Waals surface area contributed by atoms with E-state index in [4.69, 9.17) is 4.74 Å². The van der Waals surface area contributed by atoms with E-state index in [1.54, 1.807) is 19.2 Å². The molecule has 0 amide bonds. The molecule has 1 fully saturated rings. The average Bonchev–Trinajstić information content (AvgIpc) is 3.08. The molecule has 0 heterocycles. The molecule has 1 aromatic rings. The fourth-order valence-corrected chi connectivity index (χ4v) is 2.56. The first-order valence-electron chi connectivity index (χ1n) is 6.78. The third-order valence-electron chi connectivity index (χ3n) is 3.75. The maximum absolute atomic E-state index is 9.91. The van der Waals surface area contributed by atoms with E-state index in [9.17, 15) is 5.11 Å². The lowest BCUT2D eigenvalue weighted by atomic mass is 10.1. The van der Waals surface area contributed by atoms with Gasteiger partial charge in [-0.05, 0) is 43.9 Å². The van der Waals surface area contributed by atoms with Crippen molar-refractivity contribution in [3.05, 3.63) is 23.8 Å². The molecule has 3 atom stereocenters. The highest BCUT2D eigenvalue weighted by atomic mass is 16.5. The summed E-state index contributed by atoms with van der Waals surface area (Å²) in [7, 11) is 1.65. The topological polar surface area (TPSA) is 41.5 Å². The number of hydrogen-bond acceptors (Lipinski definition) is 3. The Hall–Kier alpha value is -1.22. The SMILES string of the molecule is CCCC1CC1NC(C)c1cc(OC)ccc1O. The molecular formula is C15H23NO2.